The smallest absolute Gasteiger partial charge is 0.307 e. The van der Waals surface area contributed by atoms with Crippen LogP contribution in [0.15, 0.2) is 23.0 Å². The fourth-order valence-electron chi connectivity index (χ4n) is 2.46. The minimum Gasteiger partial charge on any atom is -0.307 e. The summed E-state index contributed by atoms with van der Waals surface area (Å²) >= 11 is 0. The van der Waals surface area contributed by atoms with Crippen molar-refractivity contribution in [2.75, 3.05) is 6.54 Å². The van der Waals surface area contributed by atoms with Gasteiger partial charge in [-0.2, -0.15) is 0 Å². The molecule has 1 atom stereocenters. The summed E-state index contributed by atoms with van der Waals surface area (Å²) in [6.07, 6.45) is 3.11. The van der Waals surface area contributed by atoms with Crippen LogP contribution in [0.4, 0.5) is 0 Å². The molecule has 0 bridgehead atoms. The van der Waals surface area contributed by atoms with Gasteiger partial charge in [-0.05, 0) is 37.6 Å². The second kappa shape index (κ2) is 4.42. The van der Waals surface area contributed by atoms with Crippen LogP contribution in [0.3, 0.4) is 0 Å². The number of nitrogens with one attached hydrogen (secondary N) is 3. The molecular formula is C13H15N3O2. The third-order valence-electron chi connectivity index (χ3n) is 3.43. The van der Waals surface area contributed by atoms with Gasteiger partial charge in [0.25, 0.3) is 0 Å². The molecule has 1 aromatic heterocycles. The minimum absolute atomic E-state index is 0.0816. The molecule has 3 rings (SSSR count). The molecule has 0 radical (unpaired) electrons. The van der Waals surface area contributed by atoms with E-state index < -0.39 is 0 Å². The minimum atomic E-state index is -0.245. The average molecular weight is 245 g/mol. The van der Waals surface area contributed by atoms with Crippen LogP contribution in [0.2, 0.25) is 0 Å². The molecule has 0 spiro atoms. The second-order valence-electron chi connectivity index (χ2n) is 4.71. The number of hydrogen-bond donors (Lipinski definition) is 3. The van der Waals surface area contributed by atoms with Crippen LogP contribution in [0.25, 0.3) is 11.0 Å². The van der Waals surface area contributed by atoms with Gasteiger partial charge in [0.1, 0.15) is 0 Å². The molecule has 1 fully saturated rings. The number of H-pyrrole nitrogens is 2. The molecule has 2 heterocycles. The molecule has 1 saturated heterocycles. The van der Waals surface area contributed by atoms with Crippen LogP contribution in [0, 0.1) is 0 Å². The van der Waals surface area contributed by atoms with Crippen molar-refractivity contribution in [1.29, 1.82) is 0 Å². The second-order valence-corrected chi connectivity index (χ2v) is 4.71. The predicted molar refractivity (Wildman–Crippen MR) is 68.9 cm³/mol. The molecule has 0 aliphatic carbocycles. The molecule has 1 unspecified atom stereocenters. The number of Topliss-reactive ketones (excluding diaryl/α,β-unsaturated/α-hetero) is 1. The largest absolute Gasteiger partial charge is 0.323 e. The Balaban J connectivity index is 1.92. The Hall–Kier alpha value is -1.88. The zero-order valence-electron chi connectivity index (χ0n) is 9.95. The van der Waals surface area contributed by atoms with Crippen molar-refractivity contribution in [3.05, 3.63) is 34.2 Å². The Morgan fingerprint density at radius 1 is 1.17 bits per heavy atom. The van der Waals surface area contributed by atoms with E-state index in [2.05, 4.69) is 15.3 Å². The molecule has 2 aromatic rings. The van der Waals surface area contributed by atoms with Gasteiger partial charge in [0.2, 0.25) is 0 Å². The lowest BCUT2D eigenvalue weighted by atomic mass is 9.96. The van der Waals surface area contributed by atoms with E-state index in [1.807, 2.05) is 0 Å². The monoisotopic (exact) mass is 245 g/mol. The molecule has 0 amide bonds. The normalized spacial score (nSPS) is 20.1. The van der Waals surface area contributed by atoms with Gasteiger partial charge in [-0.1, -0.05) is 6.42 Å². The van der Waals surface area contributed by atoms with Crippen LogP contribution in [0.1, 0.15) is 29.6 Å². The van der Waals surface area contributed by atoms with Crippen molar-refractivity contribution in [1.82, 2.24) is 15.3 Å². The maximum Gasteiger partial charge on any atom is 0.323 e. The summed E-state index contributed by atoms with van der Waals surface area (Å²) in [5.41, 5.74) is 1.82. The van der Waals surface area contributed by atoms with E-state index in [1.165, 1.54) is 0 Å². The first kappa shape index (κ1) is 11.2. The molecular weight excluding hydrogens is 230 g/mol. The van der Waals surface area contributed by atoms with Gasteiger partial charge >= 0.3 is 5.69 Å². The summed E-state index contributed by atoms with van der Waals surface area (Å²) < 4.78 is 0. The first-order chi connectivity index (χ1) is 8.74. The van der Waals surface area contributed by atoms with Crippen molar-refractivity contribution in [2.24, 2.45) is 0 Å². The van der Waals surface area contributed by atoms with Gasteiger partial charge in [0.05, 0.1) is 17.1 Å². The zero-order valence-corrected chi connectivity index (χ0v) is 9.95. The van der Waals surface area contributed by atoms with Crippen LogP contribution < -0.4 is 11.0 Å². The highest BCUT2D eigenvalue weighted by Crippen LogP contribution is 2.16. The lowest BCUT2D eigenvalue weighted by molar-refractivity contribution is 0.0927. The number of piperidine rings is 1. The number of carbonyl (C=O) groups is 1. The van der Waals surface area contributed by atoms with Gasteiger partial charge in [0.15, 0.2) is 5.78 Å². The lowest BCUT2D eigenvalue weighted by Crippen LogP contribution is -2.40. The third kappa shape index (κ3) is 1.97. The fraction of sp³-hybridized carbons (Fsp3) is 0.385. The molecule has 94 valence electrons. The van der Waals surface area contributed by atoms with Crippen molar-refractivity contribution >= 4 is 16.8 Å². The number of aromatic amines is 2. The van der Waals surface area contributed by atoms with E-state index >= 15 is 0 Å². The number of rotatable bonds is 2. The number of fused-ring (bicyclic) bond motifs is 1. The number of carbonyl (C=O) groups excluding carboxylic acids is 1. The molecule has 1 aliphatic heterocycles. The van der Waals surface area contributed by atoms with Gasteiger partial charge < -0.3 is 15.3 Å². The molecule has 3 N–H and O–H groups in total. The molecule has 1 aromatic carbocycles. The maximum atomic E-state index is 12.3. The van der Waals surface area contributed by atoms with Gasteiger partial charge in [-0.15, -0.1) is 0 Å². The topological polar surface area (TPSA) is 77.8 Å². The van der Waals surface area contributed by atoms with Gasteiger partial charge in [-0.25, -0.2) is 4.79 Å². The lowest BCUT2D eigenvalue weighted by Gasteiger charge is -2.22. The van der Waals surface area contributed by atoms with Gasteiger partial charge in [0, 0.05) is 5.56 Å². The number of hydrogen-bond acceptors (Lipinski definition) is 3. The SMILES string of the molecule is O=C(c1ccc2[nH]c(=O)[nH]c2c1)C1CCCCN1. The summed E-state index contributed by atoms with van der Waals surface area (Å²) in [6.45, 7) is 0.902. The Morgan fingerprint density at radius 2 is 2.00 bits per heavy atom. The van der Waals surface area contributed by atoms with E-state index in [0.717, 1.165) is 31.3 Å². The van der Waals surface area contributed by atoms with E-state index in [1.54, 1.807) is 18.2 Å². The zero-order chi connectivity index (χ0) is 12.5. The Morgan fingerprint density at radius 3 is 2.78 bits per heavy atom. The van der Waals surface area contributed by atoms with Crippen LogP contribution in [-0.2, 0) is 0 Å². The maximum absolute atomic E-state index is 12.3. The van der Waals surface area contributed by atoms with Crippen molar-refractivity contribution in [3.63, 3.8) is 0 Å². The quantitative estimate of drug-likeness (QED) is 0.695. The summed E-state index contributed by atoms with van der Waals surface area (Å²) in [6, 6.07) is 5.20. The summed E-state index contributed by atoms with van der Waals surface area (Å²) in [5, 5.41) is 3.24. The predicted octanol–water partition coefficient (Wildman–Crippen LogP) is 1.18. The number of ketones is 1. The van der Waals surface area contributed by atoms with Crippen molar-refractivity contribution in [3.8, 4) is 0 Å². The average Bonchev–Trinajstić information content (AvgIpc) is 2.78. The Labute approximate surface area is 104 Å². The Bertz CT molecular complexity index is 635. The van der Waals surface area contributed by atoms with Crippen LogP contribution in [0.5, 0.6) is 0 Å². The molecule has 5 heteroatoms. The van der Waals surface area contributed by atoms with E-state index in [4.69, 9.17) is 0 Å². The van der Waals surface area contributed by atoms with E-state index in [9.17, 15) is 9.59 Å². The molecule has 5 nitrogen and oxygen atoms in total. The Kier molecular flexibility index (Phi) is 2.76. The third-order valence-corrected chi connectivity index (χ3v) is 3.43. The number of benzene rings is 1. The van der Waals surface area contributed by atoms with Gasteiger partial charge in [-0.3, -0.25) is 4.79 Å². The van der Waals surface area contributed by atoms with Crippen LogP contribution in [-0.4, -0.2) is 28.3 Å². The van der Waals surface area contributed by atoms with E-state index in [0.29, 0.717) is 11.1 Å². The number of imidazole rings is 1. The number of aromatic nitrogens is 2. The highest BCUT2D eigenvalue weighted by molar-refractivity contribution is 6.02. The summed E-state index contributed by atoms with van der Waals surface area (Å²) in [7, 11) is 0. The fourth-order valence-corrected chi connectivity index (χ4v) is 2.46. The van der Waals surface area contributed by atoms with Crippen LogP contribution >= 0.6 is 0 Å². The summed E-state index contributed by atoms with van der Waals surface area (Å²) in [5.74, 6) is 0.110. The summed E-state index contributed by atoms with van der Waals surface area (Å²) in [4.78, 5) is 28.8. The molecule has 18 heavy (non-hydrogen) atoms. The molecule has 0 saturated carbocycles. The highest BCUT2D eigenvalue weighted by Gasteiger charge is 2.21. The van der Waals surface area contributed by atoms with E-state index in [-0.39, 0.29) is 17.5 Å². The first-order valence-electron chi connectivity index (χ1n) is 6.24. The van der Waals surface area contributed by atoms with Crippen molar-refractivity contribution in [2.45, 2.75) is 25.3 Å². The van der Waals surface area contributed by atoms with Crippen molar-refractivity contribution < 1.29 is 4.79 Å². The first-order valence-corrected chi connectivity index (χ1v) is 6.24. The highest BCUT2D eigenvalue weighted by atomic mass is 16.1. The molecule has 1 aliphatic rings. The standard InChI is InChI=1S/C13H15N3O2/c17-12(10-3-1-2-6-14-10)8-4-5-9-11(7-8)16-13(18)15-9/h4-5,7,10,14H,1-3,6H2,(H2,15,16,18).